The summed E-state index contributed by atoms with van der Waals surface area (Å²) in [6.45, 7) is -0.0391. The summed E-state index contributed by atoms with van der Waals surface area (Å²) < 4.78 is 0.801. The summed E-state index contributed by atoms with van der Waals surface area (Å²) in [5, 5.41) is 9.25. The molecule has 0 aliphatic rings. The monoisotopic (exact) mass is 219 g/mol. The minimum Gasteiger partial charge on any atom is -0.392 e. The van der Waals surface area contributed by atoms with Gasteiger partial charge in [0.1, 0.15) is 0 Å². The van der Waals surface area contributed by atoms with Gasteiger partial charge in [-0.3, -0.25) is 0 Å². The highest BCUT2D eigenvalue weighted by Crippen LogP contribution is 2.20. The predicted octanol–water partition coefficient (Wildman–Crippen LogP) is 2.39. The summed E-state index contributed by atoms with van der Waals surface area (Å²) in [6.07, 6.45) is 0. The summed E-state index contributed by atoms with van der Waals surface area (Å²) in [4.78, 5) is 0. The van der Waals surface area contributed by atoms with Gasteiger partial charge in [-0.2, -0.15) is 0 Å². The van der Waals surface area contributed by atoms with Gasteiger partial charge in [0.05, 0.1) is 6.61 Å². The molecule has 1 radical (unpaired) electrons. The lowest BCUT2D eigenvalue weighted by Gasteiger charge is -1.98. The molecule has 0 aliphatic carbocycles. The number of halogens is 2. The van der Waals surface area contributed by atoms with Crippen LogP contribution in [0.15, 0.2) is 16.6 Å². The van der Waals surface area contributed by atoms with Crippen molar-refractivity contribution in [3.8, 4) is 0 Å². The molecule has 53 valence electrons. The lowest BCUT2D eigenvalue weighted by atomic mass is 10.2. The SMILES string of the molecule is OCc1c[c]c(Br)cc1Cl. The Morgan fingerprint density at radius 1 is 1.70 bits per heavy atom. The minimum absolute atomic E-state index is 0.0391. The highest BCUT2D eigenvalue weighted by Gasteiger charge is 1.97. The van der Waals surface area contributed by atoms with Crippen LogP contribution in [-0.2, 0) is 6.61 Å². The molecule has 0 aromatic heterocycles. The summed E-state index contributed by atoms with van der Waals surface area (Å²) >= 11 is 8.92. The summed E-state index contributed by atoms with van der Waals surface area (Å²) in [6, 6.07) is 6.22. The Labute approximate surface area is 72.8 Å². The summed E-state index contributed by atoms with van der Waals surface area (Å²) in [7, 11) is 0. The van der Waals surface area contributed by atoms with Crippen molar-refractivity contribution in [1.29, 1.82) is 0 Å². The Kier molecular flexibility index (Phi) is 2.72. The van der Waals surface area contributed by atoms with Gasteiger partial charge >= 0.3 is 0 Å². The zero-order valence-electron chi connectivity index (χ0n) is 5.06. The smallest absolute Gasteiger partial charge is 0.0696 e. The molecule has 0 aliphatic heterocycles. The van der Waals surface area contributed by atoms with Gasteiger partial charge in [0.25, 0.3) is 0 Å². The van der Waals surface area contributed by atoms with Crippen LogP contribution in [0.4, 0.5) is 0 Å². The van der Waals surface area contributed by atoms with Crippen molar-refractivity contribution in [1.82, 2.24) is 0 Å². The molecule has 1 nitrogen and oxygen atoms in total. The number of benzene rings is 1. The lowest BCUT2D eigenvalue weighted by Crippen LogP contribution is -1.83. The van der Waals surface area contributed by atoms with Gasteiger partial charge in [0.2, 0.25) is 0 Å². The Morgan fingerprint density at radius 3 is 2.90 bits per heavy atom. The van der Waals surface area contributed by atoms with Crippen LogP contribution in [0.2, 0.25) is 5.02 Å². The van der Waals surface area contributed by atoms with E-state index >= 15 is 0 Å². The van der Waals surface area contributed by atoms with E-state index in [0.717, 1.165) is 4.47 Å². The normalized spacial score (nSPS) is 9.90. The first kappa shape index (κ1) is 8.05. The molecular weight excluding hydrogens is 215 g/mol. The maximum Gasteiger partial charge on any atom is 0.0696 e. The van der Waals surface area contributed by atoms with Crippen molar-refractivity contribution >= 4 is 27.5 Å². The average molecular weight is 220 g/mol. The highest BCUT2D eigenvalue weighted by atomic mass is 79.9. The van der Waals surface area contributed by atoms with Crippen molar-refractivity contribution in [3.63, 3.8) is 0 Å². The van der Waals surface area contributed by atoms with Gasteiger partial charge < -0.3 is 5.11 Å². The maximum atomic E-state index is 8.69. The Balaban J connectivity index is 3.07. The zero-order valence-corrected chi connectivity index (χ0v) is 7.41. The molecule has 1 aromatic rings. The van der Waals surface area contributed by atoms with Gasteiger partial charge in [-0.25, -0.2) is 0 Å². The largest absolute Gasteiger partial charge is 0.392 e. The average Bonchev–Trinajstić information content (AvgIpc) is 1.88. The maximum absolute atomic E-state index is 8.69. The fraction of sp³-hybridized carbons (Fsp3) is 0.143. The Hall–Kier alpha value is -0.0500. The Morgan fingerprint density at radius 2 is 2.40 bits per heavy atom. The van der Waals surface area contributed by atoms with Crippen LogP contribution in [0, 0.1) is 6.07 Å². The lowest BCUT2D eigenvalue weighted by molar-refractivity contribution is 0.282. The van der Waals surface area contributed by atoms with E-state index in [1.54, 1.807) is 12.1 Å². The van der Waals surface area contributed by atoms with Crippen LogP contribution >= 0.6 is 27.5 Å². The van der Waals surface area contributed by atoms with Crippen molar-refractivity contribution < 1.29 is 5.11 Å². The van der Waals surface area contributed by atoms with Gasteiger partial charge in [0.15, 0.2) is 0 Å². The first-order valence-electron chi connectivity index (χ1n) is 2.70. The van der Waals surface area contributed by atoms with Gasteiger partial charge in [-0.05, 0) is 23.8 Å². The third kappa shape index (κ3) is 1.72. The van der Waals surface area contributed by atoms with E-state index in [9.17, 15) is 0 Å². The predicted molar refractivity (Wildman–Crippen MR) is 43.9 cm³/mol. The number of aliphatic hydroxyl groups is 1. The number of hydrogen-bond donors (Lipinski definition) is 1. The van der Waals surface area contributed by atoms with Crippen LogP contribution in [0.1, 0.15) is 5.56 Å². The summed E-state index contributed by atoms with van der Waals surface area (Å²) in [5.74, 6) is 0. The summed E-state index contributed by atoms with van der Waals surface area (Å²) in [5.41, 5.74) is 0.699. The molecule has 0 fully saturated rings. The number of aliphatic hydroxyl groups excluding tert-OH is 1. The standard InChI is InChI=1S/C7H5BrClO/c8-6-2-1-5(4-10)7(9)3-6/h1,3,10H,4H2. The molecule has 0 saturated carbocycles. The molecule has 0 spiro atoms. The van der Waals surface area contributed by atoms with Crippen LogP contribution < -0.4 is 0 Å². The topological polar surface area (TPSA) is 20.2 Å². The van der Waals surface area contributed by atoms with E-state index in [4.69, 9.17) is 16.7 Å². The van der Waals surface area contributed by atoms with E-state index in [0.29, 0.717) is 10.6 Å². The zero-order chi connectivity index (χ0) is 7.56. The quantitative estimate of drug-likeness (QED) is 0.770. The third-order valence-corrected chi connectivity index (χ3v) is 1.92. The fourth-order valence-corrected chi connectivity index (χ4v) is 1.29. The molecule has 0 heterocycles. The molecular formula is C7H5BrClO. The van der Waals surface area contributed by atoms with Crippen LogP contribution in [-0.4, -0.2) is 5.11 Å². The second-order valence-corrected chi connectivity index (χ2v) is 3.07. The molecule has 1 N–H and O–H groups in total. The Bertz CT molecular complexity index is 237. The second-order valence-electron chi connectivity index (χ2n) is 1.81. The van der Waals surface area contributed by atoms with Crippen molar-refractivity contribution in [2.45, 2.75) is 6.61 Å². The third-order valence-electron chi connectivity index (χ3n) is 1.11. The van der Waals surface area contributed by atoms with Crippen LogP contribution in [0.25, 0.3) is 0 Å². The fourth-order valence-electron chi connectivity index (χ4n) is 0.592. The van der Waals surface area contributed by atoms with Gasteiger partial charge in [-0.1, -0.05) is 27.5 Å². The van der Waals surface area contributed by atoms with E-state index in [2.05, 4.69) is 22.0 Å². The van der Waals surface area contributed by atoms with E-state index in [-0.39, 0.29) is 6.61 Å². The molecule has 0 atom stereocenters. The minimum atomic E-state index is -0.0391. The molecule has 3 heteroatoms. The number of hydrogen-bond acceptors (Lipinski definition) is 1. The molecule has 0 amide bonds. The van der Waals surface area contributed by atoms with Crippen LogP contribution in [0.3, 0.4) is 0 Å². The molecule has 0 saturated heterocycles. The van der Waals surface area contributed by atoms with Gasteiger partial charge in [0, 0.05) is 9.50 Å². The van der Waals surface area contributed by atoms with E-state index < -0.39 is 0 Å². The van der Waals surface area contributed by atoms with E-state index in [1.807, 2.05) is 0 Å². The molecule has 0 bridgehead atoms. The van der Waals surface area contributed by atoms with Gasteiger partial charge in [-0.15, -0.1) is 0 Å². The van der Waals surface area contributed by atoms with Crippen LogP contribution in [0.5, 0.6) is 0 Å². The van der Waals surface area contributed by atoms with E-state index in [1.165, 1.54) is 0 Å². The van der Waals surface area contributed by atoms with Crippen molar-refractivity contribution in [2.75, 3.05) is 0 Å². The highest BCUT2D eigenvalue weighted by molar-refractivity contribution is 9.10. The molecule has 10 heavy (non-hydrogen) atoms. The molecule has 1 rings (SSSR count). The van der Waals surface area contributed by atoms with Crippen molar-refractivity contribution in [3.05, 3.63) is 33.3 Å². The molecule has 0 unspecified atom stereocenters. The van der Waals surface area contributed by atoms with Crippen molar-refractivity contribution in [2.24, 2.45) is 0 Å². The first-order chi connectivity index (χ1) is 4.74. The number of rotatable bonds is 1. The second kappa shape index (κ2) is 3.37. The first-order valence-corrected chi connectivity index (χ1v) is 3.87. The molecule has 1 aromatic carbocycles.